The molecule has 0 saturated heterocycles. The van der Waals surface area contributed by atoms with E-state index in [1.54, 1.807) is 0 Å². The van der Waals surface area contributed by atoms with E-state index < -0.39 is 11.8 Å². The van der Waals surface area contributed by atoms with Gasteiger partial charge >= 0.3 is 5.97 Å². The fourth-order valence-corrected chi connectivity index (χ4v) is 1.73. The molecule has 1 aromatic rings. The summed E-state index contributed by atoms with van der Waals surface area (Å²) >= 11 is 0. The Hall–Kier alpha value is -1.98. The van der Waals surface area contributed by atoms with E-state index in [2.05, 4.69) is 10.3 Å². The molecule has 0 bridgehead atoms. The highest BCUT2D eigenvalue weighted by molar-refractivity contribution is 5.92. The number of aromatic nitrogens is 1. The van der Waals surface area contributed by atoms with Gasteiger partial charge in [0.15, 0.2) is 0 Å². The topological polar surface area (TPSA) is 79.3 Å². The lowest BCUT2D eigenvalue weighted by atomic mass is 10.1. The van der Waals surface area contributed by atoms with Gasteiger partial charge in [-0.25, -0.2) is 9.37 Å². The van der Waals surface area contributed by atoms with Gasteiger partial charge in [-0.1, -0.05) is 19.3 Å². The number of carbonyl (C=O) groups is 2. The third-order valence-electron chi connectivity index (χ3n) is 2.81. The molecule has 1 rings (SSSR count). The van der Waals surface area contributed by atoms with Crippen LogP contribution in [0.4, 0.5) is 4.39 Å². The van der Waals surface area contributed by atoms with Gasteiger partial charge in [0.05, 0.1) is 6.20 Å². The van der Waals surface area contributed by atoms with Gasteiger partial charge in [-0.3, -0.25) is 9.59 Å². The van der Waals surface area contributed by atoms with Crippen molar-refractivity contribution in [2.24, 2.45) is 0 Å². The molecule has 0 aliphatic carbocycles. The summed E-state index contributed by atoms with van der Waals surface area (Å²) in [5.41, 5.74) is 0.202. The maximum absolute atomic E-state index is 12.6. The van der Waals surface area contributed by atoms with E-state index in [0.29, 0.717) is 13.0 Å². The summed E-state index contributed by atoms with van der Waals surface area (Å²) in [5, 5.41) is 11.2. The number of halogens is 1. The average Bonchev–Trinajstić information content (AvgIpc) is 2.42. The molecule has 6 heteroatoms. The largest absolute Gasteiger partial charge is 0.481 e. The SMILES string of the molecule is O=C(O)CCCCCCCNC(=O)c1ccc(F)cn1. The normalized spacial score (nSPS) is 10.2. The number of carboxylic acids is 1. The predicted octanol–water partition coefficient (Wildman–Crippen LogP) is 2.38. The van der Waals surface area contributed by atoms with Crippen LogP contribution in [0.5, 0.6) is 0 Å². The summed E-state index contributed by atoms with van der Waals surface area (Å²) in [6.07, 6.45) is 5.54. The molecule has 0 spiro atoms. The average molecular weight is 282 g/mol. The van der Waals surface area contributed by atoms with E-state index >= 15 is 0 Å². The molecule has 0 aromatic carbocycles. The minimum atomic E-state index is -0.760. The minimum absolute atomic E-state index is 0.202. The molecule has 0 aliphatic heterocycles. The Labute approximate surface area is 117 Å². The maximum Gasteiger partial charge on any atom is 0.303 e. The Bertz CT molecular complexity index is 435. The minimum Gasteiger partial charge on any atom is -0.481 e. The Morgan fingerprint density at radius 3 is 2.50 bits per heavy atom. The molecule has 0 atom stereocenters. The number of hydrogen-bond acceptors (Lipinski definition) is 3. The first kappa shape index (κ1) is 16.1. The van der Waals surface area contributed by atoms with Gasteiger partial charge in [-0.05, 0) is 25.0 Å². The fraction of sp³-hybridized carbons (Fsp3) is 0.500. The Morgan fingerprint density at radius 2 is 1.85 bits per heavy atom. The van der Waals surface area contributed by atoms with Crippen molar-refractivity contribution in [3.05, 3.63) is 29.8 Å². The van der Waals surface area contributed by atoms with Gasteiger partial charge in [0.25, 0.3) is 5.91 Å². The number of aliphatic carboxylic acids is 1. The molecule has 0 saturated carbocycles. The van der Waals surface area contributed by atoms with Crippen LogP contribution in [0.2, 0.25) is 0 Å². The zero-order chi connectivity index (χ0) is 14.8. The highest BCUT2D eigenvalue weighted by Crippen LogP contribution is 2.05. The Kier molecular flexibility index (Phi) is 7.24. The number of rotatable bonds is 9. The third-order valence-corrected chi connectivity index (χ3v) is 2.81. The van der Waals surface area contributed by atoms with Crippen LogP contribution in [0.3, 0.4) is 0 Å². The van der Waals surface area contributed by atoms with Crippen LogP contribution >= 0.6 is 0 Å². The van der Waals surface area contributed by atoms with Crippen molar-refractivity contribution in [2.45, 2.75) is 38.5 Å². The number of nitrogens with zero attached hydrogens (tertiary/aromatic N) is 1. The first-order valence-electron chi connectivity index (χ1n) is 6.71. The number of pyridine rings is 1. The van der Waals surface area contributed by atoms with Crippen LogP contribution < -0.4 is 5.32 Å². The van der Waals surface area contributed by atoms with Crippen LogP contribution in [0.15, 0.2) is 18.3 Å². The van der Waals surface area contributed by atoms with Gasteiger partial charge in [-0.2, -0.15) is 0 Å². The molecular weight excluding hydrogens is 263 g/mol. The van der Waals surface area contributed by atoms with E-state index in [-0.39, 0.29) is 18.0 Å². The molecule has 0 fully saturated rings. The van der Waals surface area contributed by atoms with E-state index in [1.165, 1.54) is 12.1 Å². The van der Waals surface area contributed by atoms with Crippen LogP contribution in [0.25, 0.3) is 0 Å². The lowest BCUT2D eigenvalue weighted by molar-refractivity contribution is -0.137. The van der Waals surface area contributed by atoms with Crippen LogP contribution in [-0.4, -0.2) is 28.5 Å². The van der Waals surface area contributed by atoms with E-state index in [1.807, 2.05) is 0 Å². The maximum atomic E-state index is 12.6. The molecule has 1 aromatic heterocycles. The number of unbranched alkanes of at least 4 members (excludes halogenated alkanes) is 4. The third kappa shape index (κ3) is 6.82. The molecule has 110 valence electrons. The van der Waals surface area contributed by atoms with Gasteiger partial charge in [0.1, 0.15) is 11.5 Å². The number of carbonyl (C=O) groups excluding carboxylic acids is 1. The lowest BCUT2D eigenvalue weighted by Crippen LogP contribution is -2.25. The predicted molar refractivity (Wildman–Crippen MR) is 71.9 cm³/mol. The van der Waals surface area contributed by atoms with Gasteiger partial charge in [0, 0.05) is 13.0 Å². The van der Waals surface area contributed by atoms with Crippen LogP contribution in [-0.2, 0) is 4.79 Å². The summed E-state index contributed by atoms with van der Waals surface area (Å²) < 4.78 is 12.6. The summed E-state index contributed by atoms with van der Waals surface area (Å²) in [6.45, 7) is 0.539. The summed E-state index contributed by atoms with van der Waals surface area (Å²) in [6, 6.07) is 2.54. The second kappa shape index (κ2) is 9.01. The number of amides is 1. The lowest BCUT2D eigenvalue weighted by Gasteiger charge is -2.04. The van der Waals surface area contributed by atoms with Crippen molar-refractivity contribution < 1.29 is 19.1 Å². The number of nitrogens with one attached hydrogen (secondary N) is 1. The summed E-state index contributed by atoms with van der Waals surface area (Å²) in [4.78, 5) is 25.6. The van der Waals surface area contributed by atoms with Crippen molar-refractivity contribution in [3.8, 4) is 0 Å². The van der Waals surface area contributed by atoms with Gasteiger partial charge in [-0.15, -0.1) is 0 Å². The molecule has 20 heavy (non-hydrogen) atoms. The Balaban J connectivity index is 2.05. The second-order valence-corrected chi connectivity index (χ2v) is 4.53. The zero-order valence-electron chi connectivity index (χ0n) is 11.3. The van der Waals surface area contributed by atoms with Crippen LogP contribution in [0, 0.1) is 5.82 Å². The van der Waals surface area contributed by atoms with E-state index in [0.717, 1.165) is 31.9 Å². The van der Waals surface area contributed by atoms with E-state index in [4.69, 9.17) is 5.11 Å². The smallest absolute Gasteiger partial charge is 0.303 e. The van der Waals surface area contributed by atoms with Crippen molar-refractivity contribution in [1.82, 2.24) is 10.3 Å². The van der Waals surface area contributed by atoms with Crippen LogP contribution in [0.1, 0.15) is 49.0 Å². The van der Waals surface area contributed by atoms with Crippen molar-refractivity contribution in [2.75, 3.05) is 6.54 Å². The second-order valence-electron chi connectivity index (χ2n) is 4.53. The Morgan fingerprint density at radius 1 is 1.15 bits per heavy atom. The van der Waals surface area contributed by atoms with Crippen molar-refractivity contribution in [3.63, 3.8) is 0 Å². The molecule has 0 radical (unpaired) electrons. The summed E-state index contributed by atoms with van der Waals surface area (Å²) in [7, 11) is 0. The highest BCUT2D eigenvalue weighted by Gasteiger charge is 2.05. The van der Waals surface area contributed by atoms with E-state index in [9.17, 15) is 14.0 Å². The molecule has 2 N–H and O–H groups in total. The quantitative estimate of drug-likeness (QED) is 0.681. The highest BCUT2D eigenvalue weighted by atomic mass is 19.1. The first-order valence-corrected chi connectivity index (χ1v) is 6.71. The monoisotopic (exact) mass is 282 g/mol. The zero-order valence-corrected chi connectivity index (χ0v) is 11.3. The molecule has 0 aliphatic rings. The number of carboxylic acid groups (broad SMARTS) is 1. The standard InChI is InChI=1S/C14H19FN2O3/c15-11-7-8-12(17-10-11)14(20)16-9-5-3-1-2-4-6-13(18)19/h7-8,10H,1-6,9H2,(H,16,20)(H,18,19). The van der Waals surface area contributed by atoms with Gasteiger partial charge in [0.2, 0.25) is 0 Å². The molecule has 5 nitrogen and oxygen atoms in total. The summed E-state index contributed by atoms with van der Waals surface area (Å²) in [5.74, 6) is -1.54. The van der Waals surface area contributed by atoms with Gasteiger partial charge < -0.3 is 10.4 Å². The fourth-order valence-electron chi connectivity index (χ4n) is 1.73. The molecule has 1 amide bonds. The van der Waals surface area contributed by atoms with Crippen molar-refractivity contribution >= 4 is 11.9 Å². The first-order chi connectivity index (χ1) is 9.59. The van der Waals surface area contributed by atoms with Crippen molar-refractivity contribution in [1.29, 1.82) is 0 Å². The number of hydrogen-bond donors (Lipinski definition) is 2. The molecule has 1 heterocycles. The molecule has 0 unspecified atom stereocenters. The molecular formula is C14H19FN2O3.